The van der Waals surface area contributed by atoms with Gasteiger partial charge in [0.05, 0.1) is 19.0 Å². The standard InChI is InChI=1S/C12H17N3O3/c1-3-18-12(17)10-7-15(8-13-10)9-4-5-11(16)14(2)6-9/h7-9H,3-6H2,1-2H3. The zero-order valence-electron chi connectivity index (χ0n) is 10.6. The first kappa shape index (κ1) is 12.6. The van der Waals surface area contributed by atoms with Crippen LogP contribution in [0, 0.1) is 0 Å². The number of nitrogens with zero attached hydrogens (tertiary/aromatic N) is 3. The van der Waals surface area contributed by atoms with Gasteiger partial charge >= 0.3 is 5.97 Å². The van der Waals surface area contributed by atoms with Crippen LogP contribution in [0.5, 0.6) is 0 Å². The van der Waals surface area contributed by atoms with Gasteiger partial charge in [-0.3, -0.25) is 4.79 Å². The maximum Gasteiger partial charge on any atom is 0.358 e. The van der Waals surface area contributed by atoms with Crippen LogP contribution in [0.2, 0.25) is 0 Å². The molecule has 0 saturated carbocycles. The molecule has 2 heterocycles. The highest BCUT2D eigenvalue weighted by Gasteiger charge is 2.24. The Morgan fingerprint density at radius 2 is 2.39 bits per heavy atom. The summed E-state index contributed by atoms with van der Waals surface area (Å²) in [6.07, 6.45) is 4.63. The summed E-state index contributed by atoms with van der Waals surface area (Å²) in [6, 6.07) is 0.184. The molecular formula is C12H17N3O3. The second-order valence-electron chi connectivity index (χ2n) is 4.39. The summed E-state index contributed by atoms with van der Waals surface area (Å²) in [5.74, 6) is -0.242. The number of rotatable bonds is 3. The normalized spacial score (nSPS) is 20.0. The number of carbonyl (C=O) groups is 2. The number of imidazole rings is 1. The number of aromatic nitrogens is 2. The zero-order valence-corrected chi connectivity index (χ0v) is 10.6. The van der Waals surface area contributed by atoms with E-state index in [4.69, 9.17) is 4.74 Å². The Morgan fingerprint density at radius 1 is 1.61 bits per heavy atom. The molecule has 18 heavy (non-hydrogen) atoms. The number of ether oxygens (including phenoxy) is 1. The molecule has 0 spiro atoms. The number of likely N-dealkylation sites (tertiary alicyclic amines) is 1. The van der Waals surface area contributed by atoms with Gasteiger partial charge in [0.15, 0.2) is 5.69 Å². The Balaban J connectivity index is 2.06. The minimum absolute atomic E-state index is 0.164. The van der Waals surface area contributed by atoms with Crippen LogP contribution in [0.15, 0.2) is 12.5 Å². The molecule has 1 aromatic rings. The van der Waals surface area contributed by atoms with Gasteiger partial charge in [0, 0.05) is 26.2 Å². The van der Waals surface area contributed by atoms with E-state index in [1.54, 1.807) is 31.4 Å². The van der Waals surface area contributed by atoms with Crippen molar-refractivity contribution in [1.82, 2.24) is 14.5 Å². The molecule has 0 aromatic carbocycles. The van der Waals surface area contributed by atoms with E-state index in [1.165, 1.54) is 0 Å². The molecule has 0 N–H and O–H groups in total. The van der Waals surface area contributed by atoms with Gasteiger partial charge in [0.25, 0.3) is 0 Å². The molecule has 1 fully saturated rings. The summed E-state index contributed by atoms with van der Waals surface area (Å²) in [7, 11) is 1.79. The second-order valence-corrected chi connectivity index (χ2v) is 4.39. The van der Waals surface area contributed by atoms with Gasteiger partial charge < -0.3 is 14.2 Å². The van der Waals surface area contributed by atoms with Gasteiger partial charge in [-0.05, 0) is 13.3 Å². The fourth-order valence-electron chi connectivity index (χ4n) is 2.08. The summed E-state index contributed by atoms with van der Waals surface area (Å²) in [4.78, 5) is 28.6. The molecule has 1 aromatic heterocycles. The highest BCUT2D eigenvalue weighted by atomic mass is 16.5. The number of amides is 1. The summed E-state index contributed by atoms with van der Waals surface area (Å²) in [5, 5.41) is 0. The highest BCUT2D eigenvalue weighted by molar-refractivity contribution is 5.86. The Labute approximate surface area is 106 Å². The Hall–Kier alpha value is -1.85. The van der Waals surface area contributed by atoms with Crippen LogP contribution in [0.4, 0.5) is 0 Å². The molecule has 1 saturated heterocycles. The van der Waals surface area contributed by atoms with E-state index in [2.05, 4.69) is 4.98 Å². The van der Waals surface area contributed by atoms with Crippen molar-refractivity contribution in [2.24, 2.45) is 0 Å². The molecule has 1 amide bonds. The van der Waals surface area contributed by atoms with Crippen molar-refractivity contribution in [3.05, 3.63) is 18.2 Å². The van der Waals surface area contributed by atoms with E-state index in [-0.39, 0.29) is 11.9 Å². The topological polar surface area (TPSA) is 64.4 Å². The van der Waals surface area contributed by atoms with Crippen LogP contribution < -0.4 is 0 Å². The predicted molar refractivity (Wildman–Crippen MR) is 64.1 cm³/mol. The molecule has 2 rings (SSSR count). The third kappa shape index (κ3) is 2.52. The average molecular weight is 251 g/mol. The number of piperidine rings is 1. The Bertz CT molecular complexity index is 455. The number of likely N-dealkylation sites (N-methyl/N-ethyl adjacent to an activating group) is 1. The van der Waals surface area contributed by atoms with Crippen LogP contribution >= 0.6 is 0 Å². The summed E-state index contributed by atoms with van der Waals surface area (Å²) in [6.45, 7) is 2.75. The van der Waals surface area contributed by atoms with Gasteiger partial charge in [-0.2, -0.15) is 0 Å². The second kappa shape index (κ2) is 5.20. The lowest BCUT2D eigenvalue weighted by atomic mass is 10.1. The smallest absolute Gasteiger partial charge is 0.358 e. The van der Waals surface area contributed by atoms with Crippen molar-refractivity contribution in [2.45, 2.75) is 25.8 Å². The fourth-order valence-corrected chi connectivity index (χ4v) is 2.08. The molecule has 1 unspecified atom stereocenters. The SMILES string of the molecule is CCOC(=O)c1cn(C2CCC(=O)N(C)C2)cn1. The van der Waals surface area contributed by atoms with Crippen molar-refractivity contribution in [1.29, 1.82) is 0 Å². The van der Waals surface area contributed by atoms with E-state index in [0.29, 0.717) is 25.3 Å². The third-order valence-electron chi connectivity index (χ3n) is 3.11. The first-order chi connectivity index (χ1) is 8.61. The molecule has 0 aliphatic carbocycles. The van der Waals surface area contributed by atoms with Gasteiger partial charge in [-0.15, -0.1) is 0 Å². The Morgan fingerprint density at radius 3 is 3.06 bits per heavy atom. The van der Waals surface area contributed by atoms with Crippen LogP contribution in [-0.2, 0) is 9.53 Å². The van der Waals surface area contributed by atoms with Gasteiger partial charge in [0.1, 0.15) is 0 Å². The van der Waals surface area contributed by atoms with Gasteiger partial charge in [-0.25, -0.2) is 9.78 Å². The van der Waals surface area contributed by atoms with Crippen LogP contribution in [-0.4, -0.2) is 46.5 Å². The van der Waals surface area contributed by atoms with Crippen molar-refractivity contribution in [3.8, 4) is 0 Å². The van der Waals surface area contributed by atoms with Crippen molar-refractivity contribution >= 4 is 11.9 Å². The van der Waals surface area contributed by atoms with E-state index in [0.717, 1.165) is 6.42 Å². The number of carbonyl (C=O) groups excluding carboxylic acids is 2. The first-order valence-electron chi connectivity index (χ1n) is 6.06. The largest absolute Gasteiger partial charge is 0.461 e. The maximum atomic E-state index is 11.5. The first-order valence-corrected chi connectivity index (χ1v) is 6.06. The summed E-state index contributed by atoms with van der Waals surface area (Å²) < 4.78 is 6.77. The maximum absolute atomic E-state index is 11.5. The zero-order chi connectivity index (χ0) is 13.1. The molecule has 6 nitrogen and oxygen atoms in total. The van der Waals surface area contributed by atoms with Crippen molar-refractivity contribution in [3.63, 3.8) is 0 Å². The van der Waals surface area contributed by atoms with E-state index >= 15 is 0 Å². The highest BCUT2D eigenvalue weighted by Crippen LogP contribution is 2.21. The van der Waals surface area contributed by atoms with Crippen LogP contribution in [0.1, 0.15) is 36.3 Å². The summed E-state index contributed by atoms with van der Waals surface area (Å²) >= 11 is 0. The molecule has 1 atom stereocenters. The summed E-state index contributed by atoms with van der Waals surface area (Å²) in [5.41, 5.74) is 0.316. The van der Waals surface area contributed by atoms with E-state index < -0.39 is 5.97 Å². The number of hydrogen-bond donors (Lipinski definition) is 0. The number of hydrogen-bond acceptors (Lipinski definition) is 4. The Kier molecular flexibility index (Phi) is 3.64. The minimum atomic E-state index is -0.406. The lowest BCUT2D eigenvalue weighted by Gasteiger charge is -2.30. The van der Waals surface area contributed by atoms with Crippen molar-refractivity contribution < 1.29 is 14.3 Å². The number of esters is 1. The van der Waals surface area contributed by atoms with Crippen LogP contribution in [0.25, 0.3) is 0 Å². The fraction of sp³-hybridized carbons (Fsp3) is 0.583. The lowest BCUT2D eigenvalue weighted by Crippen LogP contribution is -2.37. The third-order valence-corrected chi connectivity index (χ3v) is 3.11. The van der Waals surface area contributed by atoms with Crippen molar-refractivity contribution in [2.75, 3.05) is 20.2 Å². The van der Waals surface area contributed by atoms with Crippen LogP contribution in [0.3, 0.4) is 0 Å². The van der Waals surface area contributed by atoms with E-state index in [1.807, 2.05) is 4.57 Å². The minimum Gasteiger partial charge on any atom is -0.461 e. The molecular weight excluding hydrogens is 234 g/mol. The molecule has 98 valence electrons. The van der Waals surface area contributed by atoms with E-state index in [9.17, 15) is 9.59 Å². The molecule has 1 aliphatic heterocycles. The van der Waals surface area contributed by atoms with Gasteiger partial charge in [-0.1, -0.05) is 0 Å². The van der Waals surface area contributed by atoms with Gasteiger partial charge in [0.2, 0.25) is 5.91 Å². The molecule has 6 heteroatoms. The molecule has 1 aliphatic rings. The quantitative estimate of drug-likeness (QED) is 0.747. The lowest BCUT2D eigenvalue weighted by molar-refractivity contribution is -0.132. The average Bonchev–Trinajstić information content (AvgIpc) is 2.82. The monoisotopic (exact) mass is 251 g/mol. The molecule has 0 bridgehead atoms. The predicted octanol–water partition coefficient (Wildman–Crippen LogP) is 0.853. The molecule has 0 radical (unpaired) electrons.